The third-order valence-corrected chi connectivity index (χ3v) is 5.28. The van der Waals surface area contributed by atoms with Crippen LogP contribution in [0.25, 0.3) is 5.82 Å². The van der Waals surface area contributed by atoms with Gasteiger partial charge in [-0.15, -0.1) is 5.10 Å². The van der Waals surface area contributed by atoms with Crippen molar-refractivity contribution in [1.29, 1.82) is 0 Å². The molecule has 1 aliphatic heterocycles. The van der Waals surface area contributed by atoms with E-state index in [1.807, 2.05) is 36.9 Å². The van der Waals surface area contributed by atoms with E-state index in [4.69, 9.17) is 0 Å². The second kappa shape index (κ2) is 7.98. The molecule has 8 heteroatoms. The summed E-state index contributed by atoms with van der Waals surface area (Å²) >= 11 is 0. The molecule has 0 N–H and O–H groups in total. The lowest BCUT2D eigenvalue weighted by Gasteiger charge is -2.32. The number of hydrogen-bond donors (Lipinski definition) is 0. The number of likely N-dealkylation sites (tertiary alicyclic amines) is 1. The molecule has 0 bridgehead atoms. The van der Waals surface area contributed by atoms with Crippen molar-refractivity contribution in [2.45, 2.75) is 39.2 Å². The SMILES string of the molecule is Cc1cc(C)n(-c2ccc(=O)n(C3CCN(C(=O)Cc4cccnc4)CC3)n2)n1. The van der Waals surface area contributed by atoms with Gasteiger partial charge in [0.25, 0.3) is 5.56 Å². The van der Waals surface area contributed by atoms with Crippen LogP contribution in [0.5, 0.6) is 0 Å². The summed E-state index contributed by atoms with van der Waals surface area (Å²) < 4.78 is 3.30. The van der Waals surface area contributed by atoms with Crippen LogP contribution in [0.2, 0.25) is 0 Å². The van der Waals surface area contributed by atoms with Crippen LogP contribution in [0.3, 0.4) is 0 Å². The lowest BCUT2D eigenvalue weighted by atomic mass is 10.0. The summed E-state index contributed by atoms with van der Waals surface area (Å²) in [5.74, 6) is 0.721. The highest BCUT2D eigenvalue weighted by atomic mass is 16.2. The molecule has 29 heavy (non-hydrogen) atoms. The molecular weight excluding hydrogens is 368 g/mol. The Bertz CT molecular complexity index is 1060. The fourth-order valence-electron chi connectivity index (χ4n) is 3.80. The quantitative estimate of drug-likeness (QED) is 0.676. The molecule has 0 aliphatic carbocycles. The first-order chi connectivity index (χ1) is 14.0. The highest BCUT2D eigenvalue weighted by molar-refractivity contribution is 5.78. The number of amides is 1. The fraction of sp³-hybridized carbons (Fsp3) is 0.381. The number of rotatable bonds is 4. The van der Waals surface area contributed by atoms with Gasteiger partial charge in [0.1, 0.15) is 0 Å². The molecule has 4 rings (SSSR count). The summed E-state index contributed by atoms with van der Waals surface area (Å²) in [6.45, 7) is 5.12. The summed E-state index contributed by atoms with van der Waals surface area (Å²) in [6.07, 6.45) is 5.17. The normalized spacial score (nSPS) is 14.9. The van der Waals surface area contributed by atoms with Gasteiger partial charge in [-0.3, -0.25) is 14.6 Å². The van der Waals surface area contributed by atoms with Gasteiger partial charge in [0, 0.05) is 37.2 Å². The van der Waals surface area contributed by atoms with Crippen LogP contribution in [-0.2, 0) is 11.2 Å². The van der Waals surface area contributed by atoms with Crippen LogP contribution in [0, 0.1) is 13.8 Å². The van der Waals surface area contributed by atoms with Gasteiger partial charge in [-0.25, -0.2) is 9.36 Å². The van der Waals surface area contributed by atoms with Crippen molar-refractivity contribution in [2.75, 3.05) is 13.1 Å². The van der Waals surface area contributed by atoms with Crippen molar-refractivity contribution in [1.82, 2.24) is 29.4 Å². The Morgan fingerprint density at radius 1 is 1.14 bits per heavy atom. The first kappa shape index (κ1) is 19.0. The minimum absolute atomic E-state index is 0.0261. The van der Waals surface area contributed by atoms with E-state index in [9.17, 15) is 9.59 Å². The molecule has 0 spiro atoms. The molecule has 0 unspecified atom stereocenters. The number of nitrogens with zero attached hydrogens (tertiary/aromatic N) is 6. The van der Waals surface area contributed by atoms with Crippen LogP contribution in [0.4, 0.5) is 0 Å². The molecule has 1 saturated heterocycles. The molecule has 0 radical (unpaired) electrons. The number of carbonyl (C=O) groups is 1. The van der Waals surface area contributed by atoms with Crippen molar-refractivity contribution in [3.63, 3.8) is 0 Å². The van der Waals surface area contributed by atoms with Gasteiger partial charge in [0.2, 0.25) is 5.91 Å². The van der Waals surface area contributed by atoms with Gasteiger partial charge < -0.3 is 4.90 Å². The number of aromatic nitrogens is 5. The standard InChI is InChI=1S/C21H24N6O2/c1-15-12-16(2)26(23-15)19-5-6-20(28)27(24-19)18-7-10-25(11-8-18)21(29)13-17-4-3-9-22-14-17/h3-6,9,12,14,18H,7-8,10-11,13H2,1-2H3. The Kier molecular flexibility index (Phi) is 5.24. The maximum Gasteiger partial charge on any atom is 0.267 e. The van der Waals surface area contributed by atoms with Gasteiger partial charge in [-0.05, 0) is 50.5 Å². The van der Waals surface area contributed by atoms with E-state index in [1.165, 1.54) is 0 Å². The zero-order valence-electron chi connectivity index (χ0n) is 16.7. The maximum absolute atomic E-state index is 12.6. The maximum atomic E-state index is 12.6. The topological polar surface area (TPSA) is 85.9 Å². The van der Waals surface area contributed by atoms with Crippen molar-refractivity contribution in [3.05, 3.63) is 70.0 Å². The highest BCUT2D eigenvalue weighted by Crippen LogP contribution is 2.21. The van der Waals surface area contributed by atoms with E-state index in [0.29, 0.717) is 38.2 Å². The van der Waals surface area contributed by atoms with Crippen LogP contribution >= 0.6 is 0 Å². The van der Waals surface area contributed by atoms with Gasteiger partial charge in [-0.1, -0.05) is 6.07 Å². The Labute approximate surface area is 168 Å². The average molecular weight is 392 g/mol. The Balaban J connectivity index is 1.46. The van der Waals surface area contributed by atoms with Crippen molar-refractivity contribution >= 4 is 5.91 Å². The Morgan fingerprint density at radius 2 is 1.93 bits per heavy atom. The predicted octanol–water partition coefficient (Wildman–Crippen LogP) is 1.85. The molecule has 8 nitrogen and oxygen atoms in total. The largest absolute Gasteiger partial charge is 0.342 e. The zero-order chi connectivity index (χ0) is 20.4. The van der Waals surface area contributed by atoms with E-state index >= 15 is 0 Å². The second-order valence-electron chi connectivity index (χ2n) is 7.46. The first-order valence-corrected chi connectivity index (χ1v) is 9.81. The molecule has 4 heterocycles. The fourth-order valence-corrected chi connectivity index (χ4v) is 3.80. The summed E-state index contributed by atoms with van der Waals surface area (Å²) in [5.41, 5.74) is 2.66. The van der Waals surface area contributed by atoms with Gasteiger partial charge >= 0.3 is 0 Å². The van der Waals surface area contributed by atoms with Crippen LogP contribution < -0.4 is 5.56 Å². The number of hydrogen-bond acceptors (Lipinski definition) is 5. The van der Waals surface area contributed by atoms with E-state index in [-0.39, 0.29) is 17.5 Å². The average Bonchev–Trinajstić information content (AvgIpc) is 3.07. The van der Waals surface area contributed by atoms with Gasteiger partial charge in [0.15, 0.2) is 5.82 Å². The lowest BCUT2D eigenvalue weighted by molar-refractivity contribution is -0.131. The molecule has 1 aliphatic rings. The summed E-state index contributed by atoms with van der Waals surface area (Å²) in [6, 6.07) is 8.93. The number of piperidine rings is 1. The highest BCUT2D eigenvalue weighted by Gasteiger charge is 2.25. The number of carbonyl (C=O) groups excluding carboxylic acids is 1. The van der Waals surface area contributed by atoms with Crippen molar-refractivity contribution < 1.29 is 4.79 Å². The monoisotopic (exact) mass is 392 g/mol. The lowest BCUT2D eigenvalue weighted by Crippen LogP contribution is -2.42. The molecule has 3 aromatic rings. The van der Waals surface area contributed by atoms with E-state index in [2.05, 4.69) is 15.2 Å². The van der Waals surface area contributed by atoms with E-state index < -0.39 is 0 Å². The molecule has 1 amide bonds. The number of pyridine rings is 1. The van der Waals surface area contributed by atoms with E-state index in [0.717, 1.165) is 17.0 Å². The third kappa shape index (κ3) is 4.11. The first-order valence-electron chi connectivity index (χ1n) is 9.81. The van der Waals surface area contributed by atoms with Crippen molar-refractivity contribution in [2.24, 2.45) is 0 Å². The minimum atomic E-state index is -0.129. The smallest absolute Gasteiger partial charge is 0.267 e. The Morgan fingerprint density at radius 3 is 2.59 bits per heavy atom. The summed E-state index contributed by atoms with van der Waals surface area (Å²) in [7, 11) is 0. The molecule has 0 saturated carbocycles. The van der Waals surface area contributed by atoms with E-state index in [1.54, 1.807) is 33.9 Å². The van der Waals surface area contributed by atoms with Gasteiger partial charge in [-0.2, -0.15) is 5.10 Å². The van der Waals surface area contributed by atoms with Crippen LogP contribution in [0.1, 0.15) is 35.8 Å². The molecule has 0 aromatic carbocycles. The summed E-state index contributed by atoms with van der Waals surface area (Å²) in [5, 5.41) is 9.02. The third-order valence-electron chi connectivity index (χ3n) is 5.28. The molecular formula is C21H24N6O2. The molecule has 150 valence electrons. The van der Waals surface area contributed by atoms with Crippen LogP contribution in [-0.4, -0.2) is 48.4 Å². The molecule has 3 aromatic heterocycles. The van der Waals surface area contributed by atoms with Crippen molar-refractivity contribution in [3.8, 4) is 5.82 Å². The molecule has 0 atom stereocenters. The molecule has 1 fully saturated rings. The zero-order valence-corrected chi connectivity index (χ0v) is 16.7. The van der Waals surface area contributed by atoms with Gasteiger partial charge in [0.05, 0.1) is 18.2 Å². The number of aryl methyl sites for hydroxylation is 2. The Hall–Kier alpha value is -3.29. The minimum Gasteiger partial charge on any atom is -0.342 e. The van der Waals surface area contributed by atoms with Crippen LogP contribution in [0.15, 0.2) is 47.5 Å². The summed E-state index contributed by atoms with van der Waals surface area (Å²) in [4.78, 5) is 30.9. The second-order valence-corrected chi connectivity index (χ2v) is 7.46. The predicted molar refractivity (Wildman–Crippen MR) is 108 cm³/mol.